The highest BCUT2D eigenvalue weighted by molar-refractivity contribution is 6.55. The van der Waals surface area contributed by atoms with Gasteiger partial charge in [-0.15, -0.1) is 0 Å². The lowest BCUT2D eigenvalue weighted by Crippen LogP contribution is -2.41. The van der Waals surface area contributed by atoms with Crippen molar-refractivity contribution in [2.75, 3.05) is 0 Å². The Morgan fingerprint density at radius 2 is 1.67 bits per heavy atom. The van der Waals surface area contributed by atoms with Gasteiger partial charge in [0.05, 0.1) is 22.7 Å². The van der Waals surface area contributed by atoms with Crippen LogP contribution in [0.2, 0.25) is 5.82 Å². The van der Waals surface area contributed by atoms with Crippen LogP contribution in [-0.4, -0.2) is 30.1 Å². The number of unbranched alkanes of at least 4 members (excludes halogenated alkanes) is 1. The molecule has 3 rings (SSSR count). The van der Waals surface area contributed by atoms with E-state index in [4.69, 9.17) is 14.1 Å². The summed E-state index contributed by atoms with van der Waals surface area (Å²) in [4.78, 5) is 5.81. The Kier molecular flexibility index (Phi) is 4.76. The first-order chi connectivity index (χ1) is 11.4. The summed E-state index contributed by atoms with van der Waals surface area (Å²) in [5, 5.41) is 4.42. The third kappa shape index (κ3) is 3.12. The largest absolute Gasteiger partial charge is 0.471 e. The number of oxime groups is 1. The monoisotopic (exact) mass is 329 g/mol. The fourth-order valence-electron chi connectivity index (χ4n) is 3.26. The second-order valence-electron chi connectivity index (χ2n) is 7.78. The van der Waals surface area contributed by atoms with Gasteiger partial charge in [-0.3, -0.25) is 0 Å². The molecule has 0 amide bonds. The lowest BCUT2D eigenvalue weighted by Gasteiger charge is -2.32. The Morgan fingerprint density at radius 3 is 2.25 bits per heavy atom. The van der Waals surface area contributed by atoms with Gasteiger partial charge < -0.3 is 14.1 Å². The molecule has 4 nitrogen and oxygen atoms in total. The molecular formula is C19H28BNO3. The van der Waals surface area contributed by atoms with E-state index in [1.807, 2.05) is 18.2 Å². The van der Waals surface area contributed by atoms with Crippen molar-refractivity contribution in [1.29, 1.82) is 0 Å². The Balaban J connectivity index is 1.88. The summed E-state index contributed by atoms with van der Waals surface area (Å²) in [6.07, 6.45) is 3.22. The second-order valence-corrected chi connectivity index (χ2v) is 7.78. The lowest BCUT2D eigenvalue weighted by molar-refractivity contribution is 0.00578. The number of rotatable bonds is 5. The van der Waals surface area contributed by atoms with Crippen LogP contribution in [0, 0.1) is 0 Å². The molecule has 5 heteroatoms. The summed E-state index contributed by atoms with van der Waals surface area (Å²) in [5.41, 5.74) is 1.32. The van der Waals surface area contributed by atoms with E-state index in [1.165, 1.54) is 0 Å². The molecule has 0 bridgehead atoms. The zero-order chi connectivity index (χ0) is 17.4. The van der Waals surface area contributed by atoms with Gasteiger partial charge in [0, 0.05) is 0 Å². The van der Waals surface area contributed by atoms with Crippen molar-refractivity contribution in [2.24, 2.45) is 5.16 Å². The molecule has 2 aliphatic rings. The third-order valence-corrected chi connectivity index (χ3v) is 5.48. The van der Waals surface area contributed by atoms with E-state index in [0.717, 1.165) is 30.5 Å². The van der Waals surface area contributed by atoms with Crippen molar-refractivity contribution < 1.29 is 14.1 Å². The number of benzene rings is 1. The highest BCUT2D eigenvalue weighted by Crippen LogP contribution is 2.44. The van der Waals surface area contributed by atoms with Gasteiger partial charge in [-0.05, 0) is 46.1 Å². The van der Waals surface area contributed by atoms with Crippen molar-refractivity contribution in [3.63, 3.8) is 0 Å². The molecule has 2 atom stereocenters. The van der Waals surface area contributed by atoms with Gasteiger partial charge >= 0.3 is 7.12 Å². The molecule has 0 radical (unpaired) electrons. The zero-order valence-electron chi connectivity index (χ0n) is 15.4. The van der Waals surface area contributed by atoms with Crippen LogP contribution in [-0.2, 0) is 14.1 Å². The van der Waals surface area contributed by atoms with Crippen LogP contribution in [0.4, 0.5) is 0 Å². The van der Waals surface area contributed by atoms with E-state index in [-0.39, 0.29) is 30.2 Å². The maximum atomic E-state index is 6.33. The van der Waals surface area contributed by atoms with Gasteiger partial charge in [0.1, 0.15) is 6.10 Å². The van der Waals surface area contributed by atoms with Crippen molar-refractivity contribution in [1.82, 2.24) is 0 Å². The first-order valence-corrected chi connectivity index (χ1v) is 9.00. The normalized spacial score (nSPS) is 27.9. The molecule has 0 saturated carbocycles. The predicted octanol–water partition coefficient (Wildman–Crippen LogP) is 4.44. The van der Waals surface area contributed by atoms with Crippen LogP contribution in [0.5, 0.6) is 0 Å². The molecule has 1 aromatic rings. The van der Waals surface area contributed by atoms with Gasteiger partial charge in [-0.2, -0.15) is 0 Å². The van der Waals surface area contributed by atoms with E-state index in [9.17, 15) is 0 Å². The number of nitrogens with zero attached hydrogens (tertiary/aromatic N) is 1. The minimum atomic E-state index is -0.350. The van der Waals surface area contributed by atoms with E-state index < -0.39 is 0 Å². The fourth-order valence-corrected chi connectivity index (χ4v) is 3.26. The van der Waals surface area contributed by atoms with E-state index >= 15 is 0 Å². The summed E-state index contributed by atoms with van der Waals surface area (Å²) in [7, 11) is -0.335. The summed E-state index contributed by atoms with van der Waals surface area (Å²) in [6.45, 7) is 10.5. The highest BCUT2D eigenvalue weighted by atomic mass is 16.7. The summed E-state index contributed by atoms with van der Waals surface area (Å²) in [6, 6.07) is 10.2. The van der Waals surface area contributed by atoms with Gasteiger partial charge in [0.2, 0.25) is 0 Å². The molecule has 130 valence electrons. The van der Waals surface area contributed by atoms with Crippen molar-refractivity contribution in [3.8, 4) is 0 Å². The maximum absolute atomic E-state index is 6.33. The van der Waals surface area contributed by atoms with Crippen LogP contribution in [0.3, 0.4) is 0 Å². The first-order valence-electron chi connectivity index (χ1n) is 9.00. The quantitative estimate of drug-likeness (QED) is 0.750. The Bertz CT molecular complexity index is 584. The minimum Gasteiger partial charge on any atom is -0.403 e. The molecular weight excluding hydrogens is 301 g/mol. The Morgan fingerprint density at radius 1 is 1.04 bits per heavy atom. The average Bonchev–Trinajstić information content (AvgIpc) is 3.04. The number of hydrogen-bond donors (Lipinski definition) is 0. The molecule has 1 aromatic carbocycles. The summed E-state index contributed by atoms with van der Waals surface area (Å²) < 4.78 is 12.7. The van der Waals surface area contributed by atoms with Crippen LogP contribution in [0.15, 0.2) is 35.5 Å². The van der Waals surface area contributed by atoms with E-state index in [2.05, 4.69) is 51.9 Å². The van der Waals surface area contributed by atoms with Crippen LogP contribution in [0.1, 0.15) is 59.4 Å². The zero-order valence-corrected chi connectivity index (χ0v) is 15.4. The molecule has 1 fully saturated rings. The number of hydrogen-bond acceptors (Lipinski definition) is 4. The molecule has 2 unspecified atom stereocenters. The maximum Gasteiger partial charge on any atom is 0.471 e. The van der Waals surface area contributed by atoms with Crippen molar-refractivity contribution in [3.05, 3.63) is 35.9 Å². The van der Waals surface area contributed by atoms with Gasteiger partial charge in [-0.25, -0.2) is 0 Å². The van der Waals surface area contributed by atoms with Crippen LogP contribution < -0.4 is 0 Å². The molecule has 0 N–H and O–H groups in total. The topological polar surface area (TPSA) is 40.0 Å². The van der Waals surface area contributed by atoms with E-state index in [1.54, 1.807) is 0 Å². The van der Waals surface area contributed by atoms with Crippen LogP contribution in [0.25, 0.3) is 0 Å². The third-order valence-electron chi connectivity index (χ3n) is 5.48. The predicted molar refractivity (Wildman–Crippen MR) is 97.2 cm³/mol. The Labute approximate surface area is 145 Å². The smallest absolute Gasteiger partial charge is 0.403 e. The average molecular weight is 329 g/mol. The van der Waals surface area contributed by atoms with Crippen LogP contribution >= 0.6 is 0 Å². The SMILES string of the molecule is CCCCC1ON=C(c2ccccc2)C1B1OC(C)(C)C(C)(C)O1. The van der Waals surface area contributed by atoms with E-state index in [0.29, 0.717) is 0 Å². The van der Waals surface area contributed by atoms with Crippen molar-refractivity contribution in [2.45, 2.75) is 77.0 Å². The molecule has 0 aromatic heterocycles. The lowest BCUT2D eigenvalue weighted by atomic mass is 9.64. The van der Waals surface area contributed by atoms with Gasteiger partial charge in [0.15, 0.2) is 0 Å². The summed E-state index contributed by atoms with van der Waals surface area (Å²) in [5.74, 6) is 0. The van der Waals surface area contributed by atoms with Gasteiger partial charge in [0.25, 0.3) is 0 Å². The van der Waals surface area contributed by atoms with Gasteiger partial charge in [-0.1, -0.05) is 48.8 Å². The molecule has 0 aliphatic carbocycles. The first kappa shape index (κ1) is 17.5. The fraction of sp³-hybridized carbons (Fsp3) is 0.632. The Hall–Kier alpha value is -1.33. The summed E-state index contributed by atoms with van der Waals surface area (Å²) >= 11 is 0. The molecule has 2 heterocycles. The minimum absolute atomic E-state index is 0. The highest BCUT2D eigenvalue weighted by Gasteiger charge is 2.58. The molecule has 1 saturated heterocycles. The van der Waals surface area contributed by atoms with Crippen molar-refractivity contribution >= 4 is 12.8 Å². The molecule has 24 heavy (non-hydrogen) atoms. The standard InChI is InChI=1S/C19H28BNO3/c1-6-7-13-15-16(20-23-18(2,3)19(4,5)24-20)17(21-22-15)14-11-9-8-10-12-14/h8-12,15-16H,6-7,13H2,1-5H3. The second kappa shape index (κ2) is 6.53. The molecule has 2 aliphatic heterocycles. The molecule has 0 spiro atoms.